The lowest BCUT2D eigenvalue weighted by Gasteiger charge is -2.35. The molecule has 2 atom stereocenters. The number of carbonyl (C=O) groups excluding carboxylic acids is 2. The molecule has 1 saturated heterocycles. The number of carbonyl (C=O) groups is 3. The molecule has 25 heavy (non-hydrogen) atoms. The third-order valence-corrected chi connectivity index (χ3v) is 4.64. The summed E-state index contributed by atoms with van der Waals surface area (Å²) in [5.41, 5.74) is 0.640. The van der Waals surface area contributed by atoms with Crippen molar-refractivity contribution in [3.63, 3.8) is 0 Å². The largest absolute Gasteiger partial charge is 0.494 e. The van der Waals surface area contributed by atoms with Gasteiger partial charge in [-0.25, -0.2) is 0 Å². The van der Waals surface area contributed by atoms with Gasteiger partial charge < -0.3 is 14.7 Å². The van der Waals surface area contributed by atoms with Crippen LogP contribution >= 0.6 is 0 Å². The fourth-order valence-corrected chi connectivity index (χ4v) is 3.10. The fourth-order valence-electron chi connectivity index (χ4n) is 3.10. The van der Waals surface area contributed by atoms with Crippen LogP contribution in [-0.4, -0.2) is 47.4 Å². The molecule has 1 aliphatic heterocycles. The van der Waals surface area contributed by atoms with Gasteiger partial charge >= 0.3 is 5.97 Å². The average Bonchev–Trinajstić information content (AvgIpc) is 2.58. The van der Waals surface area contributed by atoms with Gasteiger partial charge in [-0.05, 0) is 49.9 Å². The van der Waals surface area contributed by atoms with Gasteiger partial charge in [-0.2, -0.15) is 0 Å². The van der Waals surface area contributed by atoms with Gasteiger partial charge in [0.25, 0.3) is 0 Å². The van der Waals surface area contributed by atoms with E-state index in [-0.39, 0.29) is 23.5 Å². The molecule has 1 N–H and O–H groups in total. The second-order valence-electron chi connectivity index (χ2n) is 6.58. The summed E-state index contributed by atoms with van der Waals surface area (Å²) in [6.45, 7) is 4.83. The number of piperidine rings is 1. The summed E-state index contributed by atoms with van der Waals surface area (Å²) in [7, 11) is 0. The van der Waals surface area contributed by atoms with E-state index in [9.17, 15) is 14.4 Å². The zero-order chi connectivity index (χ0) is 18.4. The fraction of sp³-hybridized carbons (Fsp3) is 0.526. The smallest absolute Gasteiger partial charge is 0.306 e. The number of rotatable bonds is 7. The van der Waals surface area contributed by atoms with Crippen molar-refractivity contribution in [2.45, 2.75) is 33.1 Å². The summed E-state index contributed by atoms with van der Waals surface area (Å²) in [5.74, 6) is -0.419. The van der Waals surface area contributed by atoms with Crippen LogP contribution < -0.4 is 4.74 Å². The number of likely N-dealkylation sites (tertiary alicyclic amines) is 1. The van der Waals surface area contributed by atoms with Gasteiger partial charge in [-0.1, -0.05) is 6.92 Å². The van der Waals surface area contributed by atoms with Crippen molar-refractivity contribution < 1.29 is 24.2 Å². The van der Waals surface area contributed by atoms with Gasteiger partial charge in [0.1, 0.15) is 5.75 Å². The predicted octanol–water partition coefficient (Wildman–Crippen LogP) is 2.62. The number of hydrogen-bond acceptors (Lipinski definition) is 4. The maximum atomic E-state index is 12.2. The van der Waals surface area contributed by atoms with Crippen LogP contribution in [0.25, 0.3) is 0 Å². The molecule has 6 heteroatoms. The van der Waals surface area contributed by atoms with Crippen molar-refractivity contribution in [3.8, 4) is 5.75 Å². The van der Waals surface area contributed by atoms with E-state index in [1.807, 2.05) is 6.92 Å². The molecule has 0 bridgehead atoms. The van der Waals surface area contributed by atoms with Crippen LogP contribution in [0, 0.1) is 11.8 Å². The van der Waals surface area contributed by atoms with Crippen molar-refractivity contribution >= 4 is 17.7 Å². The summed E-state index contributed by atoms with van der Waals surface area (Å²) in [6.07, 6.45) is 1.50. The molecule has 0 saturated carbocycles. The summed E-state index contributed by atoms with van der Waals surface area (Å²) in [5, 5.41) is 9.12. The molecule has 1 aliphatic rings. The minimum absolute atomic E-state index is 0.0121. The quantitative estimate of drug-likeness (QED) is 0.605. The molecule has 0 aliphatic carbocycles. The van der Waals surface area contributed by atoms with E-state index < -0.39 is 5.97 Å². The number of benzene rings is 1. The number of carboxylic acid groups (broad SMARTS) is 1. The second-order valence-corrected chi connectivity index (χ2v) is 6.58. The highest BCUT2D eigenvalue weighted by molar-refractivity contribution is 5.94. The van der Waals surface area contributed by atoms with Crippen molar-refractivity contribution in [3.05, 3.63) is 29.8 Å². The lowest BCUT2D eigenvalue weighted by molar-refractivity contribution is -0.148. The minimum Gasteiger partial charge on any atom is -0.494 e. The molecule has 1 aromatic carbocycles. The van der Waals surface area contributed by atoms with Crippen molar-refractivity contribution in [2.24, 2.45) is 11.8 Å². The van der Waals surface area contributed by atoms with Crippen LogP contribution in [0.15, 0.2) is 24.3 Å². The first kappa shape index (κ1) is 19.0. The van der Waals surface area contributed by atoms with Gasteiger partial charge in [-0.15, -0.1) is 0 Å². The molecular formula is C19H25NO5. The Bertz CT molecular complexity index is 625. The van der Waals surface area contributed by atoms with E-state index >= 15 is 0 Å². The van der Waals surface area contributed by atoms with Crippen LogP contribution in [0.1, 0.15) is 43.5 Å². The lowest BCUT2D eigenvalue weighted by Crippen LogP contribution is -2.45. The third-order valence-electron chi connectivity index (χ3n) is 4.64. The van der Waals surface area contributed by atoms with Crippen LogP contribution in [0.2, 0.25) is 0 Å². The van der Waals surface area contributed by atoms with E-state index in [0.717, 1.165) is 0 Å². The Labute approximate surface area is 147 Å². The Morgan fingerprint density at radius 3 is 2.48 bits per heavy atom. The molecule has 6 nitrogen and oxygen atoms in total. The topological polar surface area (TPSA) is 83.9 Å². The monoisotopic (exact) mass is 347 g/mol. The molecule has 0 radical (unpaired) electrons. The number of amides is 1. The van der Waals surface area contributed by atoms with E-state index in [1.165, 1.54) is 6.92 Å². The van der Waals surface area contributed by atoms with Crippen molar-refractivity contribution in [2.75, 3.05) is 19.7 Å². The number of ketones is 1. The normalized spacial score (nSPS) is 20.2. The van der Waals surface area contributed by atoms with Gasteiger partial charge in [0.2, 0.25) is 5.91 Å². The van der Waals surface area contributed by atoms with Crippen LogP contribution in [-0.2, 0) is 9.59 Å². The first-order chi connectivity index (χ1) is 11.9. The summed E-state index contributed by atoms with van der Waals surface area (Å²) in [4.78, 5) is 36.3. The maximum absolute atomic E-state index is 12.2. The first-order valence-corrected chi connectivity index (χ1v) is 8.63. The lowest BCUT2D eigenvalue weighted by atomic mass is 9.87. The molecule has 136 valence electrons. The molecule has 1 fully saturated rings. The molecule has 2 unspecified atom stereocenters. The number of nitrogens with zero attached hydrogens (tertiary/aromatic N) is 1. The third kappa shape index (κ3) is 5.31. The molecule has 0 spiro atoms. The van der Waals surface area contributed by atoms with Crippen LogP contribution in [0.3, 0.4) is 0 Å². The Morgan fingerprint density at radius 2 is 1.92 bits per heavy atom. The highest BCUT2D eigenvalue weighted by Gasteiger charge is 2.32. The predicted molar refractivity (Wildman–Crippen MR) is 92.7 cm³/mol. The molecule has 1 aromatic rings. The molecular weight excluding hydrogens is 322 g/mol. The number of carboxylic acids is 1. The maximum Gasteiger partial charge on any atom is 0.306 e. The zero-order valence-corrected chi connectivity index (χ0v) is 14.7. The Morgan fingerprint density at radius 1 is 1.24 bits per heavy atom. The first-order valence-electron chi connectivity index (χ1n) is 8.63. The molecule has 2 rings (SSSR count). The molecule has 1 amide bonds. The number of aliphatic carboxylic acids is 1. The Hall–Kier alpha value is -2.37. The van der Waals surface area contributed by atoms with Gasteiger partial charge in [0.05, 0.1) is 12.5 Å². The SMILES string of the molecule is CC(=O)c1ccc(OCCCC(=O)N2CCC(C(=O)O)C(C)C2)cc1. The highest BCUT2D eigenvalue weighted by atomic mass is 16.5. The van der Waals surface area contributed by atoms with Crippen molar-refractivity contribution in [1.82, 2.24) is 4.90 Å². The van der Waals surface area contributed by atoms with E-state index in [4.69, 9.17) is 9.84 Å². The van der Waals surface area contributed by atoms with Gasteiger partial charge in [0, 0.05) is 25.1 Å². The standard InChI is InChI=1S/C19H25NO5/c1-13-12-20(10-9-17(13)19(23)24)18(22)4-3-11-25-16-7-5-15(6-8-16)14(2)21/h5-8,13,17H,3-4,9-12H2,1-2H3,(H,23,24). The van der Waals surface area contributed by atoms with E-state index in [1.54, 1.807) is 29.2 Å². The highest BCUT2D eigenvalue weighted by Crippen LogP contribution is 2.24. The Kier molecular flexibility index (Phi) is 6.56. The summed E-state index contributed by atoms with van der Waals surface area (Å²) in [6, 6.07) is 6.93. The summed E-state index contributed by atoms with van der Waals surface area (Å²) < 4.78 is 5.59. The van der Waals surface area contributed by atoms with Crippen molar-refractivity contribution in [1.29, 1.82) is 0 Å². The zero-order valence-electron chi connectivity index (χ0n) is 14.7. The second kappa shape index (κ2) is 8.65. The molecule has 1 heterocycles. The van der Waals surface area contributed by atoms with E-state index in [0.29, 0.717) is 50.3 Å². The number of Topliss-reactive ketones (excluding diaryl/α,β-unsaturated/α-hetero) is 1. The van der Waals surface area contributed by atoms with E-state index in [2.05, 4.69) is 0 Å². The average molecular weight is 347 g/mol. The van der Waals surface area contributed by atoms with Gasteiger partial charge in [-0.3, -0.25) is 14.4 Å². The van der Waals surface area contributed by atoms with Crippen LogP contribution in [0.4, 0.5) is 0 Å². The molecule has 0 aromatic heterocycles. The minimum atomic E-state index is -0.774. The number of ether oxygens (including phenoxy) is 1. The Balaban J connectivity index is 1.70. The van der Waals surface area contributed by atoms with Crippen LogP contribution in [0.5, 0.6) is 5.75 Å². The van der Waals surface area contributed by atoms with Gasteiger partial charge in [0.15, 0.2) is 5.78 Å². The summed E-state index contributed by atoms with van der Waals surface area (Å²) >= 11 is 0. The number of hydrogen-bond donors (Lipinski definition) is 1.